The number of ketones is 1. The Kier molecular flexibility index (Phi) is 3.91. The Bertz CT molecular complexity index is 219. The molecule has 0 heterocycles. The van der Waals surface area contributed by atoms with Crippen LogP contribution in [-0.4, -0.2) is 5.78 Å². The van der Waals surface area contributed by atoms with Gasteiger partial charge in [-0.1, -0.05) is 20.4 Å². The van der Waals surface area contributed by atoms with Crippen LogP contribution in [0.2, 0.25) is 0 Å². The third kappa shape index (κ3) is 2.70. The van der Waals surface area contributed by atoms with Crippen LogP contribution in [0.4, 0.5) is 0 Å². The van der Waals surface area contributed by atoms with Crippen molar-refractivity contribution in [2.75, 3.05) is 0 Å². The second-order valence-corrected chi connectivity index (χ2v) is 5.00. The molecule has 1 saturated carbocycles. The van der Waals surface area contributed by atoms with Crippen molar-refractivity contribution in [2.45, 2.75) is 46.5 Å². The van der Waals surface area contributed by atoms with Crippen molar-refractivity contribution in [1.82, 2.24) is 0 Å². The molecule has 14 heavy (non-hydrogen) atoms. The van der Waals surface area contributed by atoms with Crippen molar-refractivity contribution in [3.8, 4) is 0 Å². The van der Waals surface area contributed by atoms with Gasteiger partial charge in [-0.05, 0) is 50.0 Å². The number of rotatable bonds is 3. The first-order chi connectivity index (χ1) is 6.52. The van der Waals surface area contributed by atoms with Crippen LogP contribution in [-0.2, 0) is 4.79 Å². The molecule has 0 aromatic heterocycles. The minimum absolute atomic E-state index is 0.280. The summed E-state index contributed by atoms with van der Waals surface area (Å²) in [6, 6.07) is 0. The molecule has 1 heteroatoms. The van der Waals surface area contributed by atoms with Crippen LogP contribution in [0.3, 0.4) is 0 Å². The minimum atomic E-state index is 0.280. The van der Waals surface area contributed by atoms with Crippen LogP contribution in [0, 0.1) is 17.8 Å². The van der Waals surface area contributed by atoms with Gasteiger partial charge in [0.05, 0.1) is 0 Å². The number of hydrogen-bond donors (Lipinski definition) is 0. The van der Waals surface area contributed by atoms with Gasteiger partial charge >= 0.3 is 0 Å². The molecular formula is C13H22O. The predicted molar refractivity (Wildman–Crippen MR) is 60.1 cm³/mol. The van der Waals surface area contributed by atoms with Crippen molar-refractivity contribution in [1.29, 1.82) is 0 Å². The Morgan fingerprint density at radius 3 is 2.07 bits per heavy atom. The number of hydrogen-bond acceptors (Lipinski definition) is 1. The van der Waals surface area contributed by atoms with Gasteiger partial charge in [0.15, 0.2) is 5.78 Å². The summed E-state index contributed by atoms with van der Waals surface area (Å²) < 4.78 is 0. The van der Waals surface area contributed by atoms with Crippen LogP contribution < -0.4 is 0 Å². The van der Waals surface area contributed by atoms with Gasteiger partial charge in [0, 0.05) is 5.92 Å². The van der Waals surface area contributed by atoms with E-state index >= 15 is 0 Å². The van der Waals surface area contributed by atoms with Crippen molar-refractivity contribution in [3.05, 3.63) is 12.2 Å². The second-order valence-electron chi connectivity index (χ2n) is 5.00. The lowest BCUT2D eigenvalue weighted by Gasteiger charge is -2.30. The summed E-state index contributed by atoms with van der Waals surface area (Å²) in [5, 5.41) is 0. The summed E-state index contributed by atoms with van der Waals surface area (Å²) in [4.78, 5) is 11.7. The molecule has 0 unspecified atom stereocenters. The first kappa shape index (κ1) is 11.5. The molecule has 0 aromatic carbocycles. The highest BCUT2D eigenvalue weighted by molar-refractivity contribution is 5.96. The van der Waals surface area contributed by atoms with Gasteiger partial charge in [-0.3, -0.25) is 4.79 Å². The van der Waals surface area contributed by atoms with E-state index in [1.807, 2.05) is 6.92 Å². The summed E-state index contributed by atoms with van der Waals surface area (Å²) >= 11 is 0. The highest BCUT2D eigenvalue weighted by Crippen LogP contribution is 2.34. The average Bonchev–Trinajstić information content (AvgIpc) is 2.16. The zero-order valence-corrected chi connectivity index (χ0v) is 9.68. The van der Waals surface area contributed by atoms with E-state index in [-0.39, 0.29) is 5.92 Å². The molecule has 1 aliphatic rings. The van der Waals surface area contributed by atoms with Crippen LogP contribution in [0.1, 0.15) is 46.5 Å². The van der Waals surface area contributed by atoms with E-state index in [1.54, 1.807) is 0 Å². The maximum absolute atomic E-state index is 11.7. The molecule has 80 valence electrons. The number of Topliss-reactive ketones (excluding diaryl/α,β-unsaturated/α-hetero) is 1. The smallest absolute Gasteiger partial charge is 0.161 e. The van der Waals surface area contributed by atoms with Gasteiger partial charge in [-0.15, -0.1) is 0 Å². The molecule has 1 fully saturated rings. The van der Waals surface area contributed by atoms with Crippen molar-refractivity contribution in [3.63, 3.8) is 0 Å². The second kappa shape index (κ2) is 4.77. The standard InChI is InChI=1S/C13H22O/c1-9(2)11-5-7-12(8-6-11)13(14)10(3)4/h9,11-12H,3,5-8H2,1-2,4H3. The van der Waals surface area contributed by atoms with E-state index in [4.69, 9.17) is 0 Å². The van der Waals surface area contributed by atoms with E-state index in [9.17, 15) is 4.79 Å². The monoisotopic (exact) mass is 194 g/mol. The summed E-state index contributed by atoms with van der Waals surface area (Å²) in [5.74, 6) is 2.19. The molecule has 0 aliphatic heterocycles. The Morgan fingerprint density at radius 2 is 1.71 bits per heavy atom. The first-order valence-corrected chi connectivity index (χ1v) is 5.72. The van der Waals surface area contributed by atoms with Crippen LogP contribution in [0.5, 0.6) is 0 Å². The fourth-order valence-corrected chi connectivity index (χ4v) is 2.40. The van der Waals surface area contributed by atoms with Gasteiger partial charge in [-0.25, -0.2) is 0 Å². The van der Waals surface area contributed by atoms with Crippen LogP contribution in [0.25, 0.3) is 0 Å². The Balaban J connectivity index is 2.43. The maximum Gasteiger partial charge on any atom is 0.161 e. The summed E-state index contributed by atoms with van der Waals surface area (Å²) in [5.41, 5.74) is 0.734. The van der Waals surface area contributed by atoms with E-state index < -0.39 is 0 Å². The fraction of sp³-hybridized carbons (Fsp3) is 0.769. The molecule has 0 bridgehead atoms. The average molecular weight is 194 g/mol. The van der Waals surface area contributed by atoms with E-state index in [0.29, 0.717) is 5.78 Å². The molecule has 0 saturated heterocycles. The molecule has 0 N–H and O–H groups in total. The molecule has 1 rings (SSSR count). The minimum Gasteiger partial charge on any atom is -0.294 e. The predicted octanol–water partition coefficient (Wildman–Crippen LogP) is 3.59. The van der Waals surface area contributed by atoms with Gasteiger partial charge in [0.1, 0.15) is 0 Å². The van der Waals surface area contributed by atoms with Crippen LogP contribution >= 0.6 is 0 Å². The first-order valence-electron chi connectivity index (χ1n) is 5.72. The largest absolute Gasteiger partial charge is 0.294 e. The lowest BCUT2D eigenvalue weighted by molar-refractivity contribution is -0.120. The highest BCUT2D eigenvalue weighted by atomic mass is 16.1. The number of carbonyl (C=O) groups is 1. The number of carbonyl (C=O) groups excluding carboxylic acids is 1. The van der Waals surface area contributed by atoms with Gasteiger partial charge in [0.25, 0.3) is 0 Å². The van der Waals surface area contributed by atoms with Gasteiger partial charge in [0.2, 0.25) is 0 Å². The van der Waals surface area contributed by atoms with Crippen molar-refractivity contribution >= 4 is 5.78 Å². The highest BCUT2D eigenvalue weighted by Gasteiger charge is 2.27. The molecule has 0 spiro atoms. The Labute approximate surface area is 87.6 Å². The Morgan fingerprint density at radius 1 is 1.21 bits per heavy atom. The third-order valence-corrected chi connectivity index (χ3v) is 3.51. The summed E-state index contributed by atoms with van der Waals surface area (Å²) in [6.45, 7) is 10.1. The molecule has 1 aliphatic carbocycles. The van der Waals surface area contributed by atoms with Gasteiger partial charge < -0.3 is 0 Å². The van der Waals surface area contributed by atoms with E-state index in [1.165, 1.54) is 12.8 Å². The lowest BCUT2D eigenvalue weighted by Crippen LogP contribution is -2.24. The normalized spacial score (nSPS) is 27.7. The molecule has 0 radical (unpaired) electrons. The van der Waals surface area contributed by atoms with E-state index in [0.717, 1.165) is 30.3 Å². The zero-order chi connectivity index (χ0) is 10.7. The SMILES string of the molecule is C=C(C)C(=O)C1CCC(C(C)C)CC1. The lowest BCUT2D eigenvalue weighted by atomic mass is 9.75. The van der Waals surface area contributed by atoms with Crippen LogP contribution in [0.15, 0.2) is 12.2 Å². The molecule has 0 aromatic rings. The van der Waals surface area contributed by atoms with E-state index in [2.05, 4.69) is 20.4 Å². The maximum atomic E-state index is 11.7. The fourth-order valence-electron chi connectivity index (χ4n) is 2.40. The molecule has 1 nitrogen and oxygen atoms in total. The molecule has 0 atom stereocenters. The Hall–Kier alpha value is -0.590. The molecular weight excluding hydrogens is 172 g/mol. The van der Waals surface area contributed by atoms with Crippen molar-refractivity contribution < 1.29 is 4.79 Å². The topological polar surface area (TPSA) is 17.1 Å². The number of allylic oxidation sites excluding steroid dienone is 1. The zero-order valence-electron chi connectivity index (χ0n) is 9.68. The molecule has 0 amide bonds. The van der Waals surface area contributed by atoms with Gasteiger partial charge in [-0.2, -0.15) is 0 Å². The summed E-state index contributed by atoms with van der Waals surface area (Å²) in [6.07, 6.45) is 4.60. The van der Waals surface area contributed by atoms with Crippen molar-refractivity contribution in [2.24, 2.45) is 17.8 Å². The third-order valence-electron chi connectivity index (χ3n) is 3.51. The quantitative estimate of drug-likeness (QED) is 0.627. The summed E-state index contributed by atoms with van der Waals surface area (Å²) in [7, 11) is 0.